The quantitative estimate of drug-likeness (QED) is 0.809. The van der Waals surface area contributed by atoms with Gasteiger partial charge in [-0.2, -0.15) is 0 Å². The van der Waals surface area contributed by atoms with Crippen LogP contribution in [0.5, 0.6) is 0 Å². The molecule has 5 nitrogen and oxygen atoms in total. The Labute approximate surface area is 112 Å². The molecule has 0 radical (unpaired) electrons. The Morgan fingerprint density at radius 1 is 1.26 bits per heavy atom. The number of benzene rings is 1. The summed E-state index contributed by atoms with van der Waals surface area (Å²) in [6.07, 6.45) is 1.02. The van der Waals surface area contributed by atoms with Gasteiger partial charge in [-0.05, 0) is 24.1 Å². The first-order chi connectivity index (χ1) is 9.04. The molecule has 0 spiro atoms. The summed E-state index contributed by atoms with van der Waals surface area (Å²) in [4.78, 5) is 24.1. The van der Waals surface area contributed by atoms with Crippen molar-refractivity contribution < 1.29 is 19.4 Å². The highest BCUT2D eigenvalue weighted by atomic mass is 16.5. The van der Waals surface area contributed by atoms with E-state index in [1.807, 2.05) is 0 Å². The smallest absolute Gasteiger partial charge is 0.335 e. The molecular weight excluding hydrogens is 246 g/mol. The molecule has 0 saturated carbocycles. The number of carbonyl (C=O) groups excluding carboxylic acids is 1. The maximum Gasteiger partial charge on any atom is 0.335 e. The summed E-state index contributed by atoms with van der Waals surface area (Å²) in [7, 11) is 3.34. The van der Waals surface area contributed by atoms with Gasteiger partial charge in [0, 0.05) is 27.1 Å². The lowest BCUT2D eigenvalue weighted by molar-refractivity contribution is -0.130. The van der Waals surface area contributed by atoms with Crippen LogP contribution in [-0.4, -0.2) is 49.2 Å². The third-order valence-corrected chi connectivity index (χ3v) is 2.89. The van der Waals surface area contributed by atoms with Crippen molar-refractivity contribution in [2.75, 3.05) is 27.3 Å². The van der Waals surface area contributed by atoms with Crippen molar-refractivity contribution in [3.8, 4) is 0 Å². The van der Waals surface area contributed by atoms with Gasteiger partial charge < -0.3 is 14.7 Å². The fourth-order valence-electron chi connectivity index (χ4n) is 1.61. The summed E-state index contributed by atoms with van der Waals surface area (Å²) >= 11 is 0. The molecule has 0 saturated heterocycles. The minimum atomic E-state index is -0.943. The van der Waals surface area contributed by atoms with E-state index in [0.717, 1.165) is 5.56 Å². The lowest BCUT2D eigenvalue weighted by Gasteiger charge is -2.16. The van der Waals surface area contributed by atoms with E-state index in [9.17, 15) is 9.59 Å². The molecular formula is C14H19NO4. The highest BCUT2D eigenvalue weighted by Crippen LogP contribution is 2.07. The molecule has 0 atom stereocenters. The maximum absolute atomic E-state index is 11.8. The Kier molecular flexibility index (Phi) is 6.02. The lowest BCUT2D eigenvalue weighted by atomic mass is 10.1. The summed E-state index contributed by atoms with van der Waals surface area (Å²) in [5, 5.41) is 8.78. The van der Waals surface area contributed by atoms with Crippen LogP contribution in [0.3, 0.4) is 0 Å². The third kappa shape index (κ3) is 5.09. The Hall–Kier alpha value is -1.88. The van der Waals surface area contributed by atoms with E-state index >= 15 is 0 Å². The molecule has 1 aromatic carbocycles. The van der Waals surface area contributed by atoms with Crippen molar-refractivity contribution in [3.05, 3.63) is 35.4 Å². The zero-order valence-corrected chi connectivity index (χ0v) is 11.3. The van der Waals surface area contributed by atoms with Gasteiger partial charge in [-0.15, -0.1) is 0 Å². The number of aromatic carboxylic acids is 1. The molecule has 0 fully saturated rings. The number of carboxylic acids is 1. The van der Waals surface area contributed by atoms with E-state index < -0.39 is 5.97 Å². The van der Waals surface area contributed by atoms with Crippen LogP contribution < -0.4 is 0 Å². The van der Waals surface area contributed by atoms with Crippen molar-refractivity contribution in [1.82, 2.24) is 4.90 Å². The molecule has 0 aliphatic heterocycles. The van der Waals surface area contributed by atoms with Crippen LogP contribution in [0.4, 0.5) is 0 Å². The second kappa shape index (κ2) is 7.53. The van der Waals surface area contributed by atoms with Crippen LogP contribution in [0.1, 0.15) is 22.3 Å². The van der Waals surface area contributed by atoms with Gasteiger partial charge in [0.25, 0.3) is 0 Å². The molecule has 1 rings (SSSR count). The van der Waals surface area contributed by atoms with E-state index in [2.05, 4.69) is 0 Å². The van der Waals surface area contributed by atoms with E-state index in [4.69, 9.17) is 9.84 Å². The van der Waals surface area contributed by atoms with Crippen molar-refractivity contribution in [3.63, 3.8) is 0 Å². The SMILES string of the molecule is COCCN(C)C(=O)CCc1ccc(C(=O)O)cc1. The van der Waals surface area contributed by atoms with Crippen molar-refractivity contribution in [2.45, 2.75) is 12.8 Å². The Balaban J connectivity index is 2.43. The topological polar surface area (TPSA) is 66.8 Å². The van der Waals surface area contributed by atoms with Gasteiger partial charge in [0.2, 0.25) is 5.91 Å². The van der Waals surface area contributed by atoms with Crippen molar-refractivity contribution in [1.29, 1.82) is 0 Å². The molecule has 1 aromatic rings. The molecule has 0 heterocycles. The van der Waals surface area contributed by atoms with Crippen LogP contribution in [-0.2, 0) is 16.0 Å². The number of nitrogens with zero attached hydrogens (tertiary/aromatic N) is 1. The van der Waals surface area contributed by atoms with Gasteiger partial charge in [-0.1, -0.05) is 12.1 Å². The van der Waals surface area contributed by atoms with Gasteiger partial charge in [-0.3, -0.25) is 4.79 Å². The summed E-state index contributed by atoms with van der Waals surface area (Å²) in [5.74, 6) is -0.888. The molecule has 19 heavy (non-hydrogen) atoms. The van der Waals surface area contributed by atoms with Gasteiger partial charge in [0.15, 0.2) is 0 Å². The number of rotatable bonds is 7. The normalized spacial score (nSPS) is 10.2. The number of ether oxygens (including phenoxy) is 1. The van der Waals surface area contributed by atoms with E-state index in [1.165, 1.54) is 0 Å². The predicted octanol–water partition coefficient (Wildman–Crippen LogP) is 1.42. The van der Waals surface area contributed by atoms with Crippen LogP contribution in [0.2, 0.25) is 0 Å². The lowest BCUT2D eigenvalue weighted by Crippen LogP contribution is -2.30. The largest absolute Gasteiger partial charge is 0.478 e. The second-order valence-electron chi connectivity index (χ2n) is 4.31. The Morgan fingerprint density at radius 2 is 1.89 bits per heavy atom. The molecule has 0 aliphatic carbocycles. The molecule has 5 heteroatoms. The number of hydrogen-bond donors (Lipinski definition) is 1. The zero-order valence-electron chi connectivity index (χ0n) is 11.3. The molecule has 0 bridgehead atoms. The number of hydrogen-bond acceptors (Lipinski definition) is 3. The number of likely N-dealkylation sites (N-methyl/N-ethyl adjacent to an activating group) is 1. The van der Waals surface area contributed by atoms with Crippen LogP contribution in [0.15, 0.2) is 24.3 Å². The fourth-order valence-corrected chi connectivity index (χ4v) is 1.61. The highest BCUT2D eigenvalue weighted by Gasteiger charge is 2.08. The minimum Gasteiger partial charge on any atom is -0.478 e. The van der Waals surface area contributed by atoms with E-state index in [1.54, 1.807) is 43.3 Å². The number of carboxylic acid groups (broad SMARTS) is 1. The monoisotopic (exact) mass is 265 g/mol. The van der Waals surface area contributed by atoms with Gasteiger partial charge in [-0.25, -0.2) is 4.79 Å². The third-order valence-electron chi connectivity index (χ3n) is 2.89. The molecule has 0 unspecified atom stereocenters. The summed E-state index contributed by atoms with van der Waals surface area (Å²) in [6, 6.07) is 6.59. The van der Waals surface area contributed by atoms with Gasteiger partial charge in [0.05, 0.1) is 12.2 Å². The summed E-state index contributed by atoms with van der Waals surface area (Å²) < 4.78 is 4.91. The second-order valence-corrected chi connectivity index (χ2v) is 4.31. The predicted molar refractivity (Wildman–Crippen MR) is 71.2 cm³/mol. The van der Waals surface area contributed by atoms with Crippen LogP contribution >= 0.6 is 0 Å². The first-order valence-electron chi connectivity index (χ1n) is 6.09. The number of carbonyl (C=O) groups is 2. The summed E-state index contributed by atoms with van der Waals surface area (Å²) in [6.45, 7) is 1.10. The molecule has 104 valence electrons. The maximum atomic E-state index is 11.8. The first kappa shape index (κ1) is 15.2. The average Bonchev–Trinajstić information content (AvgIpc) is 2.42. The molecule has 1 N–H and O–H groups in total. The van der Waals surface area contributed by atoms with E-state index in [-0.39, 0.29) is 11.5 Å². The summed E-state index contributed by atoms with van der Waals surface area (Å²) in [5.41, 5.74) is 1.21. The van der Waals surface area contributed by atoms with Gasteiger partial charge in [0.1, 0.15) is 0 Å². The zero-order chi connectivity index (χ0) is 14.3. The van der Waals surface area contributed by atoms with Crippen LogP contribution in [0, 0.1) is 0 Å². The van der Waals surface area contributed by atoms with Crippen molar-refractivity contribution in [2.24, 2.45) is 0 Å². The average molecular weight is 265 g/mol. The Bertz CT molecular complexity index is 428. The molecule has 0 aliphatic rings. The number of methoxy groups -OCH3 is 1. The first-order valence-corrected chi connectivity index (χ1v) is 6.09. The number of amides is 1. The highest BCUT2D eigenvalue weighted by molar-refractivity contribution is 5.87. The number of aryl methyl sites for hydroxylation is 1. The standard InChI is InChI=1S/C14H19NO4/c1-15(9-10-19-2)13(16)8-5-11-3-6-12(7-4-11)14(17)18/h3-4,6-7H,5,8-10H2,1-2H3,(H,17,18). The van der Waals surface area contributed by atoms with Crippen LogP contribution in [0.25, 0.3) is 0 Å². The fraction of sp³-hybridized carbons (Fsp3) is 0.429. The molecule has 0 aromatic heterocycles. The van der Waals surface area contributed by atoms with Crippen molar-refractivity contribution >= 4 is 11.9 Å². The minimum absolute atomic E-state index is 0.0550. The molecule has 1 amide bonds. The van der Waals surface area contributed by atoms with E-state index in [0.29, 0.717) is 26.0 Å². The Morgan fingerprint density at radius 3 is 2.42 bits per heavy atom. The van der Waals surface area contributed by atoms with Gasteiger partial charge >= 0.3 is 5.97 Å².